The third-order valence-electron chi connectivity index (χ3n) is 21.0. The minimum atomic E-state index is -0.382. The Kier molecular flexibility index (Phi) is 22.5. The summed E-state index contributed by atoms with van der Waals surface area (Å²) in [4.78, 5) is 27.6. The fraction of sp³-hybridized carbons (Fsp3) is 0.0693. The number of hydrogen-bond acceptors (Lipinski definition) is 8. The van der Waals surface area contributed by atoms with Crippen molar-refractivity contribution in [1.29, 1.82) is 0 Å². The molecule has 1 saturated heterocycles. The molecule has 3 heterocycles. The van der Waals surface area contributed by atoms with Gasteiger partial charge in [0.1, 0.15) is 0 Å². The van der Waals surface area contributed by atoms with Gasteiger partial charge < -0.3 is 9.31 Å². The van der Waals surface area contributed by atoms with E-state index in [1.165, 1.54) is 104 Å². The Hall–Kier alpha value is -13.0. The lowest BCUT2D eigenvalue weighted by Gasteiger charge is -2.32. The first-order valence-corrected chi connectivity index (χ1v) is 37.8. The van der Waals surface area contributed by atoms with E-state index < -0.39 is 0 Å². The highest BCUT2D eigenvalue weighted by molar-refractivity contribution is 6.75. The normalized spacial score (nSPS) is 12.5. The van der Waals surface area contributed by atoms with Gasteiger partial charge in [-0.05, 0) is 155 Å². The monoisotopic (exact) mass is 1470 g/mol. The van der Waals surface area contributed by atoms with Crippen LogP contribution < -0.4 is 5.46 Å². The third-order valence-corrected chi connectivity index (χ3v) is 21.1. The fourth-order valence-electron chi connectivity index (χ4n) is 14.7. The summed E-state index contributed by atoms with van der Waals surface area (Å²) < 4.78 is 12.7. The minimum absolute atomic E-state index is 0. The lowest BCUT2D eigenvalue weighted by Crippen LogP contribution is -2.41. The van der Waals surface area contributed by atoms with Crippen molar-refractivity contribution in [2.45, 2.75) is 46.3 Å². The second kappa shape index (κ2) is 33.7. The molecule has 16 aromatic carbocycles. The first kappa shape index (κ1) is 75.4. The summed E-state index contributed by atoms with van der Waals surface area (Å²) in [6.45, 7) is 8.38. The van der Waals surface area contributed by atoms with Crippen LogP contribution in [0.25, 0.3) is 167 Å². The maximum atomic E-state index is 6.34. The molecule has 4 radical (unpaired) electrons. The van der Waals surface area contributed by atoms with E-state index in [0.29, 0.717) is 29.1 Å². The van der Waals surface area contributed by atoms with Crippen molar-refractivity contribution in [1.82, 2.24) is 29.9 Å². The van der Waals surface area contributed by atoms with Gasteiger partial charge in [-0.2, -0.15) is 9.97 Å². The second-order valence-electron chi connectivity index (χ2n) is 28.4. The number of nitrogens with zero attached hydrogens (tertiary/aromatic N) is 6. The molecule has 0 saturated carbocycles. The van der Waals surface area contributed by atoms with E-state index in [4.69, 9.17) is 35.9 Å². The average molecular weight is 1480 g/mol. The van der Waals surface area contributed by atoms with Crippen molar-refractivity contribution in [3.63, 3.8) is 0 Å². The molecule has 113 heavy (non-hydrogen) atoms. The van der Waals surface area contributed by atoms with Crippen LogP contribution in [0.1, 0.15) is 35.1 Å². The summed E-state index contributed by atoms with van der Waals surface area (Å²) in [7, 11) is 7.62. The predicted octanol–water partition coefficient (Wildman–Crippen LogP) is 25.2. The lowest BCUT2D eigenvalue weighted by atomic mass is 9.77. The van der Waals surface area contributed by atoms with Gasteiger partial charge in [0.15, 0.2) is 29.1 Å². The molecular weight excluding hydrogens is 1400 g/mol. The van der Waals surface area contributed by atoms with Crippen molar-refractivity contribution >= 4 is 82.7 Å². The molecule has 0 amide bonds. The molecule has 0 atom stereocenters. The highest BCUT2D eigenvalue weighted by Crippen LogP contribution is 2.48. The zero-order valence-corrected chi connectivity index (χ0v) is 63.2. The topological polar surface area (TPSA) is 95.8 Å². The zero-order valence-electron chi connectivity index (χ0n) is 62.4. The summed E-state index contributed by atoms with van der Waals surface area (Å²) in [5.74, 6) is 3.11. The van der Waals surface area contributed by atoms with Crippen LogP contribution in [0.15, 0.2) is 376 Å². The summed E-state index contributed by atoms with van der Waals surface area (Å²) in [6, 6.07) is 131. The molecule has 1 aliphatic rings. The van der Waals surface area contributed by atoms with Gasteiger partial charge in [-0.1, -0.05) is 384 Å². The van der Waals surface area contributed by atoms with Crippen molar-refractivity contribution in [2.75, 3.05) is 0 Å². The Bertz CT molecular complexity index is 6180. The van der Waals surface area contributed by atoms with Gasteiger partial charge in [-0.15, -0.1) is 0 Å². The van der Waals surface area contributed by atoms with Crippen LogP contribution in [0, 0.1) is 0 Å². The molecule has 1 fully saturated rings. The van der Waals surface area contributed by atoms with Crippen molar-refractivity contribution in [3.05, 3.63) is 381 Å². The number of fused-ring (bicyclic) bond motifs is 6. The maximum Gasteiger partial charge on any atom is 0.494 e. The predicted molar refractivity (Wildman–Crippen MR) is 475 cm³/mol. The molecule has 18 aromatic rings. The number of halogens is 1. The Morgan fingerprint density at radius 3 is 0.655 bits per heavy atom. The van der Waals surface area contributed by atoms with E-state index in [2.05, 4.69) is 313 Å². The highest BCUT2D eigenvalue weighted by atomic mass is 35.5. The van der Waals surface area contributed by atoms with Crippen LogP contribution in [-0.4, -0.2) is 63.7 Å². The van der Waals surface area contributed by atoms with Crippen LogP contribution in [0.3, 0.4) is 0 Å². The van der Waals surface area contributed by atoms with Crippen LogP contribution in [0.4, 0.5) is 0 Å². The Balaban J connectivity index is 0.000000143. The van der Waals surface area contributed by atoms with E-state index in [1.54, 1.807) is 0 Å². The average Bonchev–Trinajstić information content (AvgIpc) is 1.16. The first-order chi connectivity index (χ1) is 54.9. The van der Waals surface area contributed by atoms with E-state index in [9.17, 15) is 0 Å². The van der Waals surface area contributed by atoms with E-state index in [-0.39, 0.29) is 31.0 Å². The largest absolute Gasteiger partial charge is 0.494 e. The quantitative estimate of drug-likeness (QED) is 0.0882. The number of rotatable bonds is 12. The van der Waals surface area contributed by atoms with Crippen molar-refractivity contribution in [2.24, 2.45) is 0 Å². The minimum Gasteiger partial charge on any atom is -0.399 e. The smallest absolute Gasteiger partial charge is 0.399 e. The molecule has 12 heteroatoms. The molecule has 1 aliphatic heterocycles. The first-order valence-electron chi connectivity index (χ1n) is 37.4. The summed E-state index contributed by atoms with van der Waals surface area (Å²) in [5.41, 5.74) is 19.5. The van der Waals surface area contributed by atoms with Crippen molar-refractivity contribution in [3.8, 4) is 124 Å². The maximum absolute atomic E-state index is 6.34. The van der Waals surface area contributed by atoms with Gasteiger partial charge >= 0.3 is 7.12 Å². The second-order valence-corrected chi connectivity index (χ2v) is 28.7. The lowest BCUT2D eigenvalue weighted by molar-refractivity contribution is 0.00578. The molecule has 2 aromatic heterocycles. The molecule has 0 N–H and O–H groups in total. The molecular formula is C101H78B3ClN6O2. The summed E-state index contributed by atoms with van der Waals surface area (Å²) in [5, 5.41) is 10.2. The molecule has 0 spiro atoms. The zero-order chi connectivity index (χ0) is 76.6. The molecule has 0 aliphatic carbocycles. The van der Waals surface area contributed by atoms with E-state index >= 15 is 0 Å². The molecule has 540 valence electrons. The standard InChI is InChI=1S/C47H31N3.C38H33BO2.C15H10ClN3.CH4.B2/c1-4-14-32(15-5-1)33-24-26-34(27-25-33)43-41-22-12-10-20-39(41)40-21-11-13-23-42(40)44(43)35-28-30-38(31-29-35)47-49-45(36-16-6-2-7-17-36)48-46(50-47)37-18-8-3-9-19-37;1-37(2)38(3,4)41-39(40-37)30-24-22-29(23-25-30)36-34-17-11-9-15-32(34)31-14-8-10-16-33(31)35(36)28-20-18-27(19-21-28)26-12-6-5-7-13-26;16-15-18-13(11-7-3-1-4-8-11)17-14(19-15)12-9-5-2-6-10-12;;1-2/h1-31H;5-25H,1-4H3;1-10H;1H4;. The van der Waals surface area contributed by atoms with Crippen LogP contribution >= 0.6 is 11.6 Å². The Morgan fingerprint density at radius 2 is 0.398 bits per heavy atom. The third kappa shape index (κ3) is 15.9. The number of benzene rings is 16. The van der Waals surface area contributed by atoms with Gasteiger partial charge in [0.2, 0.25) is 5.28 Å². The molecule has 0 unspecified atom stereocenters. The SMILES string of the molecule is C.CC1(C)OB(c2ccc(-c3c(-c4ccc(-c5ccccc5)cc4)c4ccccc4c4ccccc34)cc2)OC1(C)C.Clc1nc(-c2ccccc2)nc(-c2ccccc2)n1.[B][B].c1ccc(-c2ccc(-c3c(-c4ccc(-c5nc(-c6ccccc6)nc(-c6ccccc6)n5)cc4)c4ccccc4c4ccccc34)cc2)cc1. The van der Waals surface area contributed by atoms with Crippen molar-refractivity contribution < 1.29 is 9.31 Å². The van der Waals surface area contributed by atoms with Gasteiger partial charge in [0.05, 0.1) is 11.2 Å². The van der Waals surface area contributed by atoms with E-state index in [0.717, 1.165) is 38.8 Å². The number of aromatic nitrogens is 6. The van der Waals surface area contributed by atoms with Gasteiger partial charge in [0.25, 0.3) is 0 Å². The molecule has 8 nitrogen and oxygen atoms in total. The summed E-state index contributed by atoms with van der Waals surface area (Å²) in [6.07, 6.45) is 0. The van der Waals surface area contributed by atoms with Gasteiger partial charge in [-0.3, -0.25) is 0 Å². The highest BCUT2D eigenvalue weighted by Gasteiger charge is 2.51. The molecule has 0 bridgehead atoms. The van der Waals surface area contributed by atoms with Crippen LogP contribution in [0.2, 0.25) is 5.28 Å². The summed E-state index contributed by atoms with van der Waals surface area (Å²) >= 11 is 5.99. The number of hydrogen-bond donors (Lipinski definition) is 0. The van der Waals surface area contributed by atoms with Crippen LogP contribution in [-0.2, 0) is 9.31 Å². The Morgan fingerprint density at radius 1 is 0.221 bits per heavy atom. The van der Waals surface area contributed by atoms with Gasteiger partial charge in [-0.25, -0.2) is 19.9 Å². The molecule has 19 rings (SSSR count). The van der Waals surface area contributed by atoms with Gasteiger partial charge in [0, 0.05) is 43.3 Å². The van der Waals surface area contributed by atoms with Crippen LogP contribution in [0.5, 0.6) is 0 Å². The Labute approximate surface area is 668 Å². The van der Waals surface area contributed by atoms with E-state index in [1.807, 2.05) is 121 Å². The fourth-order valence-corrected chi connectivity index (χ4v) is 14.9.